The van der Waals surface area contributed by atoms with Crippen LogP contribution >= 0.6 is 0 Å². The molecule has 7 nitrogen and oxygen atoms in total. The second kappa shape index (κ2) is 11.1. The van der Waals surface area contributed by atoms with E-state index in [0.29, 0.717) is 0 Å². The molecule has 0 spiro atoms. The van der Waals surface area contributed by atoms with E-state index in [0.717, 1.165) is 39.5 Å². The largest absolute Gasteiger partial charge is 0.497 e. The van der Waals surface area contributed by atoms with Crippen molar-refractivity contribution in [2.24, 2.45) is 0 Å². The molecule has 4 rings (SSSR count). The van der Waals surface area contributed by atoms with E-state index >= 15 is 0 Å². The number of methoxy groups -OCH3 is 1. The van der Waals surface area contributed by atoms with E-state index in [9.17, 15) is 0 Å². The van der Waals surface area contributed by atoms with Gasteiger partial charge in [-0.2, -0.15) is 0 Å². The average Bonchev–Trinajstić information content (AvgIpc) is 2.83. The number of rotatable bonds is 3. The second-order valence-corrected chi connectivity index (χ2v) is 8.24. The Morgan fingerprint density at radius 2 is 1.21 bits per heavy atom. The number of hydrogen-bond acceptors (Lipinski definition) is 6. The van der Waals surface area contributed by atoms with Gasteiger partial charge in [0, 0.05) is 23.3 Å². The lowest BCUT2D eigenvalue weighted by Crippen LogP contribution is -2.68. The summed E-state index contributed by atoms with van der Waals surface area (Å²) in [5.74, 6) is 2.48. The first-order chi connectivity index (χ1) is 16.1. The summed E-state index contributed by atoms with van der Waals surface area (Å²) in [4.78, 5) is 0. The minimum Gasteiger partial charge on any atom is -0.497 e. The molecule has 176 valence electrons. The molecule has 0 atom stereocenters. The molecule has 0 unspecified atom stereocenters. The van der Waals surface area contributed by atoms with Gasteiger partial charge in [0.25, 0.3) is 0 Å². The maximum absolute atomic E-state index is 8.49. The highest BCUT2D eigenvalue weighted by molar-refractivity contribution is 6.02. The third-order valence-corrected chi connectivity index (χ3v) is 4.94. The molecule has 0 radical (unpaired) electrons. The van der Waals surface area contributed by atoms with E-state index in [-0.39, 0.29) is 0 Å². The van der Waals surface area contributed by atoms with Gasteiger partial charge in [0.15, 0.2) is 5.71 Å². The van der Waals surface area contributed by atoms with Crippen LogP contribution in [0.2, 0.25) is 0 Å². The van der Waals surface area contributed by atoms with Crippen molar-refractivity contribution >= 4 is 17.2 Å². The van der Waals surface area contributed by atoms with Crippen LogP contribution in [0.25, 0.3) is 11.5 Å². The predicted molar refractivity (Wildman–Crippen MR) is 119 cm³/mol. The molecule has 0 saturated carbocycles. The zero-order valence-electron chi connectivity index (χ0n) is 18.9. The molecular formula is C26H24ClNO6. The van der Waals surface area contributed by atoms with Crippen LogP contribution < -0.4 is 23.4 Å². The van der Waals surface area contributed by atoms with Crippen molar-refractivity contribution in [1.29, 1.82) is 0 Å². The zero-order chi connectivity index (χ0) is 24.7. The van der Waals surface area contributed by atoms with Gasteiger partial charge < -0.3 is 9.47 Å². The fourth-order valence-corrected chi connectivity index (χ4v) is 3.26. The van der Waals surface area contributed by atoms with Crippen LogP contribution in [0, 0.1) is 10.2 Å². The lowest BCUT2D eigenvalue weighted by molar-refractivity contribution is -2.00. The van der Waals surface area contributed by atoms with Crippen LogP contribution in [0.5, 0.6) is 5.75 Å². The van der Waals surface area contributed by atoms with Gasteiger partial charge in [0.05, 0.1) is 7.11 Å². The summed E-state index contributed by atoms with van der Waals surface area (Å²) < 4.78 is 47.7. The molecule has 0 saturated heterocycles. The number of nitrogens with zero attached hydrogens (tertiary/aromatic N) is 1. The van der Waals surface area contributed by atoms with E-state index in [1.54, 1.807) is 7.11 Å². The molecule has 0 aromatic heterocycles. The first-order valence-corrected chi connectivity index (χ1v) is 11.4. The average molecular weight is 482 g/mol. The molecule has 1 heterocycles. The molecule has 2 aromatic rings. The number of hydrogen-bond donors (Lipinski definition) is 0. The third kappa shape index (κ3) is 7.28. The molecule has 1 aliphatic heterocycles. The molecule has 0 N–H and O–H groups in total. The van der Waals surface area contributed by atoms with Gasteiger partial charge in [-0.15, -0.1) is 10.2 Å². The Hall–Kier alpha value is -3.46. The second-order valence-electron chi connectivity index (χ2n) is 7.49. The molecule has 0 fully saturated rings. The third-order valence-electron chi connectivity index (χ3n) is 4.94. The van der Waals surface area contributed by atoms with Gasteiger partial charge in [-0.3, -0.25) is 0 Å². The maximum Gasteiger partial charge on any atom is 0.199 e. The summed E-state index contributed by atoms with van der Waals surface area (Å²) in [7, 11) is 0.822. The zero-order valence-corrected chi connectivity index (χ0v) is 19.7. The van der Waals surface area contributed by atoms with Crippen LogP contribution in [0.3, 0.4) is 0 Å². The Balaban J connectivity index is 0.000000588. The molecule has 1 aliphatic carbocycles. The Morgan fingerprint density at radius 3 is 1.68 bits per heavy atom. The van der Waals surface area contributed by atoms with Crippen molar-refractivity contribution in [2.75, 3.05) is 21.2 Å². The highest BCUT2D eigenvalue weighted by Gasteiger charge is 2.17. The van der Waals surface area contributed by atoms with Gasteiger partial charge in [-0.25, -0.2) is 23.2 Å². The quantitative estimate of drug-likeness (QED) is 0.589. The van der Waals surface area contributed by atoms with Crippen molar-refractivity contribution in [3.63, 3.8) is 0 Å². The van der Waals surface area contributed by atoms with E-state index < -0.39 is 10.2 Å². The molecule has 2 aliphatic rings. The first kappa shape index (κ1) is 25.2. The lowest BCUT2D eigenvalue weighted by atomic mass is 9.97. The van der Waals surface area contributed by atoms with Gasteiger partial charge in [0.2, 0.25) is 0 Å². The highest BCUT2D eigenvalue weighted by atomic mass is 35.7. The van der Waals surface area contributed by atoms with E-state index in [1.807, 2.05) is 56.6 Å². The van der Waals surface area contributed by atoms with Crippen molar-refractivity contribution < 1.29 is 42.9 Å². The van der Waals surface area contributed by atoms with Crippen LogP contribution in [-0.2, 0) is 4.74 Å². The number of ether oxygens (including phenoxy) is 2. The van der Waals surface area contributed by atoms with E-state index in [2.05, 4.69) is 53.2 Å². The minimum absolute atomic E-state index is 0.820. The fraction of sp³-hybridized carbons (Fsp3) is 0.115. The van der Waals surface area contributed by atoms with Crippen LogP contribution in [-0.4, -0.2) is 31.5 Å². The van der Waals surface area contributed by atoms with Crippen LogP contribution in [0.4, 0.5) is 0 Å². The Morgan fingerprint density at radius 1 is 0.706 bits per heavy atom. The predicted octanol–water partition coefficient (Wildman–Crippen LogP) is 0.487. The standard InChI is InChI=1S/C26H24NO2.ClHO4/c1-27(2)23-13-9-19(10-14-23)22-17-25(20-7-5-4-6-8-20)29-26(18-22)21-11-15-24(28-3)16-12-21;2-1(3,4)5/h4-18H,1-3H3;(H,2,3,4,5)/q+1;/p-1. The molecule has 0 bridgehead atoms. The normalized spacial score (nSPS) is 15.1. The van der Waals surface area contributed by atoms with Crippen molar-refractivity contribution in [2.45, 2.75) is 0 Å². The lowest BCUT2D eigenvalue weighted by Gasteiger charge is -2.20. The summed E-state index contributed by atoms with van der Waals surface area (Å²) in [6.07, 6.45) is 12.8. The number of allylic oxidation sites excluding steroid dienone is 8. The minimum atomic E-state index is -4.94. The topological polar surface area (TPSA) is 114 Å². The SMILES string of the molecule is COc1ccc(C2=CC(=C3C=CC(=[N+](C)C)C=C3)C=C(c3ccccc3)O2)cc1.[O-][Cl+3]([O-])([O-])[O-]. The smallest absolute Gasteiger partial charge is 0.199 e. The van der Waals surface area contributed by atoms with Crippen LogP contribution in [0.15, 0.2) is 102 Å². The van der Waals surface area contributed by atoms with Gasteiger partial charge in [-0.05, 0) is 59.7 Å². The summed E-state index contributed by atoms with van der Waals surface area (Å²) in [5, 5.41) is 0. The first-order valence-electron chi connectivity index (χ1n) is 10.2. The summed E-state index contributed by atoms with van der Waals surface area (Å²) in [6, 6.07) is 18.1. The van der Waals surface area contributed by atoms with Gasteiger partial charge in [0.1, 0.15) is 31.4 Å². The van der Waals surface area contributed by atoms with Crippen molar-refractivity contribution in [1.82, 2.24) is 0 Å². The van der Waals surface area contributed by atoms with E-state index in [4.69, 9.17) is 28.1 Å². The molecule has 0 amide bonds. The Labute approximate surface area is 200 Å². The fourth-order valence-electron chi connectivity index (χ4n) is 3.26. The highest BCUT2D eigenvalue weighted by Crippen LogP contribution is 2.34. The summed E-state index contributed by atoms with van der Waals surface area (Å²) in [5.41, 5.74) is 5.50. The Kier molecular flexibility index (Phi) is 8.22. The summed E-state index contributed by atoms with van der Waals surface area (Å²) >= 11 is 0. The molecule has 8 heteroatoms. The summed E-state index contributed by atoms with van der Waals surface area (Å²) in [6.45, 7) is 0. The maximum atomic E-state index is 8.49. The Bertz CT molecular complexity index is 1170. The van der Waals surface area contributed by atoms with Crippen LogP contribution in [0.1, 0.15) is 11.1 Å². The van der Waals surface area contributed by atoms with Gasteiger partial charge >= 0.3 is 0 Å². The van der Waals surface area contributed by atoms with Crippen molar-refractivity contribution in [3.05, 3.63) is 113 Å². The number of benzene rings is 2. The molecule has 2 aromatic carbocycles. The van der Waals surface area contributed by atoms with Crippen molar-refractivity contribution in [3.8, 4) is 5.75 Å². The monoisotopic (exact) mass is 481 g/mol. The van der Waals surface area contributed by atoms with E-state index in [1.165, 1.54) is 5.71 Å². The molecule has 34 heavy (non-hydrogen) atoms. The molecular weight excluding hydrogens is 458 g/mol. The number of halogens is 1. The van der Waals surface area contributed by atoms with Gasteiger partial charge in [-0.1, -0.05) is 30.3 Å².